The minimum atomic E-state index is 0. The summed E-state index contributed by atoms with van der Waals surface area (Å²) in [4.78, 5) is 0. The molecular formula is H10AlGeLiOSi. The average molecular weight is 161 g/mol. The third kappa shape index (κ3) is 27.1. The van der Waals surface area contributed by atoms with Crippen LogP contribution in [0, 0.1) is 0 Å². The first-order chi connectivity index (χ1) is 1.00. The van der Waals surface area contributed by atoms with E-state index in [9.17, 15) is 0 Å². The second kappa shape index (κ2) is 43.8. The van der Waals surface area contributed by atoms with E-state index in [0.29, 0.717) is 16.2 Å². The molecule has 28 valence electrons. The third-order valence-corrected chi connectivity index (χ3v) is 0. The van der Waals surface area contributed by atoms with Crippen LogP contribution in [0.15, 0.2) is 0 Å². The van der Waals surface area contributed by atoms with E-state index in [1.807, 2.05) is 0 Å². The number of hydrogen-bond acceptors (Lipinski definition) is 1. The van der Waals surface area contributed by atoms with Gasteiger partial charge in [0.2, 0.25) is 0 Å². The Morgan fingerprint density at radius 2 is 1.20 bits per heavy atom. The fourth-order valence-corrected chi connectivity index (χ4v) is 0. The van der Waals surface area contributed by atoms with Crippen molar-refractivity contribution in [2.24, 2.45) is 0 Å². The minimum absolute atomic E-state index is 0. The van der Waals surface area contributed by atoms with Crippen molar-refractivity contribution in [1.29, 1.82) is 0 Å². The van der Waals surface area contributed by atoms with E-state index in [2.05, 4.69) is 0 Å². The molecule has 0 rings (SSSR count). The summed E-state index contributed by atoms with van der Waals surface area (Å²) in [5.74, 6) is 0. The summed E-state index contributed by atoms with van der Waals surface area (Å²) in [5, 5.41) is 0. The molecule has 0 saturated heterocycles. The molecule has 0 amide bonds. The van der Waals surface area contributed by atoms with Gasteiger partial charge in [0, 0.05) is 0 Å². The maximum absolute atomic E-state index is 8.28. The molecule has 5 heavy (non-hydrogen) atoms. The maximum Gasteiger partial charge on any atom is -0.0149 e. The van der Waals surface area contributed by atoms with Gasteiger partial charge in [0.1, 0.15) is 0 Å². The van der Waals surface area contributed by atoms with Crippen LogP contribution >= 0.6 is 0 Å². The molecule has 0 N–H and O–H groups in total. The van der Waals surface area contributed by atoms with Crippen LogP contribution in [-0.2, 0) is 3.80 Å². The Kier molecular flexibility index (Phi) is 262. The number of hydrogen-bond donors (Lipinski definition) is 0. The molecule has 5 heteroatoms. The van der Waals surface area contributed by atoms with Crippen LogP contribution in [0.25, 0.3) is 0 Å². The standard InChI is InChI=1S/Al.GeH4.Li.O.H4Si.2H/h;1H4;;;1H4;;. The van der Waals surface area contributed by atoms with Gasteiger partial charge >= 0.3 is 56.5 Å². The maximum atomic E-state index is 8.28. The van der Waals surface area contributed by atoms with Gasteiger partial charge in [-0.25, -0.2) is 0 Å². The summed E-state index contributed by atoms with van der Waals surface area (Å²) in [5.41, 5.74) is 0. The Morgan fingerprint density at radius 1 is 1.20 bits per heavy atom. The molecule has 0 spiro atoms. The number of rotatable bonds is 0. The summed E-state index contributed by atoms with van der Waals surface area (Å²) in [6.45, 7) is 0. The Balaban J connectivity index is -0.00000000167. The Morgan fingerprint density at radius 3 is 1.20 bits per heavy atom. The Bertz CT molecular complexity index is 11.6. The van der Waals surface area contributed by atoms with E-state index >= 15 is 0 Å². The first kappa shape index (κ1) is 29.9. The first-order valence-corrected chi connectivity index (χ1v) is 0.866. The normalized spacial score (nSPS) is 0.600. The van der Waals surface area contributed by atoms with Crippen LogP contribution in [0.4, 0.5) is 0 Å². The zero-order valence-corrected chi connectivity index (χ0v) is 2.53. The van der Waals surface area contributed by atoms with E-state index in [-0.39, 0.29) is 47.4 Å². The van der Waals surface area contributed by atoms with Gasteiger partial charge in [-0.15, -0.1) is 0 Å². The SMILES string of the molecule is [GeH4].[LiH].[O]=[AlH].[SiH4]. The van der Waals surface area contributed by atoms with Gasteiger partial charge in [-0.1, -0.05) is 0 Å². The Hall–Kier alpha value is 1.69. The molecule has 0 aromatic heterocycles. The molecule has 0 aliphatic heterocycles. The second-order valence-corrected chi connectivity index (χ2v) is 0. The van der Waals surface area contributed by atoms with Crippen molar-refractivity contribution in [3.8, 4) is 0 Å². The topological polar surface area (TPSA) is 17.1 Å². The average Bonchev–Trinajstić information content (AvgIpc) is 1.00. The molecule has 0 aromatic rings. The van der Waals surface area contributed by atoms with Gasteiger partial charge < -0.3 is 0 Å². The van der Waals surface area contributed by atoms with Crippen LogP contribution < -0.4 is 0 Å². The van der Waals surface area contributed by atoms with Crippen LogP contribution in [0.3, 0.4) is 0 Å². The van der Waals surface area contributed by atoms with E-state index in [1.165, 1.54) is 0 Å². The van der Waals surface area contributed by atoms with Gasteiger partial charge in [-0.05, 0) is 11.0 Å². The van der Waals surface area contributed by atoms with Gasteiger partial charge in [0.25, 0.3) is 0 Å². The molecule has 1 nitrogen and oxygen atoms in total. The van der Waals surface area contributed by atoms with Gasteiger partial charge in [-0.3, -0.25) is 0 Å². The van der Waals surface area contributed by atoms with Crippen molar-refractivity contribution in [2.45, 2.75) is 0 Å². The molecule has 0 aromatic carbocycles. The summed E-state index contributed by atoms with van der Waals surface area (Å²) in [6, 6.07) is 0. The summed E-state index contributed by atoms with van der Waals surface area (Å²) >= 11 is 0.611. The van der Waals surface area contributed by atoms with Crippen LogP contribution in [-0.4, -0.2) is 63.6 Å². The summed E-state index contributed by atoms with van der Waals surface area (Å²) in [6.07, 6.45) is 0. The first-order valence-electron chi connectivity index (χ1n) is 0.289. The van der Waals surface area contributed by atoms with Crippen molar-refractivity contribution in [2.75, 3.05) is 0 Å². The van der Waals surface area contributed by atoms with Crippen LogP contribution in [0.5, 0.6) is 0 Å². The second-order valence-electron chi connectivity index (χ2n) is 0. The Labute approximate surface area is 67.1 Å². The quantitative estimate of drug-likeness (QED) is 0.328. The van der Waals surface area contributed by atoms with Crippen molar-refractivity contribution >= 4 is 63.6 Å². The van der Waals surface area contributed by atoms with Gasteiger partial charge in [-0.2, -0.15) is 0 Å². The van der Waals surface area contributed by atoms with Crippen molar-refractivity contribution in [1.82, 2.24) is 0 Å². The minimum Gasteiger partial charge on any atom is -0.0149 e. The van der Waals surface area contributed by atoms with E-state index in [4.69, 9.17) is 3.80 Å². The molecule has 0 radical (unpaired) electrons. The van der Waals surface area contributed by atoms with Crippen LogP contribution in [0.2, 0.25) is 0 Å². The third-order valence-electron chi connectivity index (χ3n) is 0. The van der Waals surface area contributed by atoms with E-state index in [1.54, 1.807) is 0 Å². The fourth-order valence-electron chi connectivity index (χ4n) is 0. The molecule has 0 heterocycles. The largest absolute Gasteiger partial charge is 0.0149 e. The molecule has 0 atom stereocenters. The zero-order valence-electron chi connectivity index (χ0n) is 1.12. The predicted molar refractivity (Wildman–Crippen MR) is 37.7 cm³/mol. The van der Waals surface area contributed by atoms with E-state index < -0.39 is 0 Å². The van der Waals surface area contributed by atoms with E-state index in [0.717, 1.165) is 0 Å². The van der Waals surface area contributed by atoms with Crippen molar-refractivity contribution in [3.05, 3.63) is 0 Å². The molecule has 0 bridgehead atoms. The monoisotopic (exact) mass is 162 g/mol. The zero-order chi connectivity index (χ0) is 2.00. The van der Waals surface area contributed by atoms with Gasteiger partial charge in [0.05, 0.1) is 0 Å². The molecular weight excluding hydrogens is 151 g/mol. The molecule has 0 fully saturated rings. The molecule has 0 aliphatic carbocycles. The fraction of sp³-hybridized carbons (Fsp3) is 0. The molecule has 0 unspecified atom stereocenters. The summed E-state index contributed by atoms with van der Waals surface area (Å²) < 4.78 is 8.28. The van der Waals surface area contributed by atoms with Crippen LogP contribution in [0.1, 0.15) is 0 Å². The summed E-state index contributed by atoms with van der Waals surface area (Å²) in [7, 11) is 0. The predicted octanol–water partition coefficient (Wildman–Crippen LogP) is -4.32. The van der Waals surface area contributed by atoms with Gasteiger partial charge in [0.15, 0.2) is 0 Å². The molecule has 0 saturated carbocycles. The molecule has 0 aliphatic rings. The smallest absolute Gasteiger partial charge is 0.0149 e. The van der Waals surface area contributed by atoms with Crippen molar-refractivity contribution in [3.63, 3.8) is 0 Å². The van der Waals surface area contributed by atoms with Crippen molar-refractivity contribution < 1.29 is 3.80 Å².